The van der Waals surface area contributed by atoms with Crippen LogP contribution in [0.2, 0.25) is 0 Å². The molecule has 1 fully saturated rings. The lowest BCUT2D eigenvalue weighted by Crippen LogP contribution is -2.40. The standard InChI is InChI=1S/C18H16F3N3O2S/c19-18(20,21)12-8-4-1-2-5-9(8)22-16-11(12)13-14(27-16)17(26)24-7-3-6-10(24)15(25)23-13/h10H,1-7H2,(H,23,25)/t10-/m1/s1. The van der Waals surface area contributed by atoms with E-state index in [9.17, 15) is 22.8 Å². The van der Waals surface area contributed by atoms with Crippen molar-refractivity contribution in [2.75, 3.05) is 11.9 Å². The van der Waals surface area contributed by atoms with Crippen LogP contribution >= 0.6 is 11.3 Å². The Labute approximate surface area is 156 Å². The molecule has 0 saturated carbocycles. The summed E-state index contributed by atoms with van der Waals surface area (Å²) in [6.07, 6.45) is -1.03. The van der Waals surface area contributed by atoms with Crippen LogP contribution in [-0.2, 0) is 23.8 Å². The van der Waals surface area contributed by atoms with Crippen LogP contribution in [0.15, 0.2) is 0 Å². The number of nitrogens with one attached hydrogen (secondary N) is 1. The van der Waals surface area contributed by atoms with Crippen LogP contribution in [-0.4, -0.2) is 34.3 Å². The zero-order valence-corrected chi connectivity index (χ0v) is 15.1. The number of aryl methyl sites for hydroxylation is 1. The molecular weight excluding hydrogens is 379 g/mol. The Kier molecular flexibility index (Phi) is 3.56. The van der Waals surface area contributed by atoms with Crippen molar-refractivity contribution in [1.29, 1.82) is 0 Å². The predicted octanol–water partition coefficient (Wildman–Crippen LogP) is 3.75. The Hall–Kier alpha value is -2.16. The molecule has 5 rings (SSSR count). The summed E-state index contributed by atoms with van der Waals surface area (Å²) in [5.41, 5.74) is -0.0499. The van der Waals surface area contributed by atoms with Crippen molar-refractivity contribution < 1.29 is 22.8 Å². The second-order valence-electron chi connectivity index (χ2n) is 7.25. The SMILES string of the molecule is O=C1Nc2c(sc3nc4c(c(C(F)(F)F)c23)CCCC4)C(=O)N2CCC[C@H]12. The van der Waals surface area contributed by atoms with Crippen LogP contribution in [0.3, 0.4) is 0 Å². The van der Waals surface area contributed by atoms with Gasteiger partial charge in [-0.2, -0.15) is 13.2 Å². The first-order valence-electron chi connectivity index (χ1n) is 9.03. The predicted molar refractivity (Wildman–Crippen MR) is 94.0 cm³/mol. The molecule has 0 aromatic carbocycles. The summed E-state index contributed by atoms with van der Waals surface area (Å²) in [7, 11) is 0. The quantitative estimate of drug-likeness (QED) is 0.739. The topological polar surface area (TPSA) is 62.3 Å². The van der Waals surface area contributed by atoms with E-state index in [1.54, 1.807) is 0 Å². The van der Waals surface area contributed by atoms with E-state index in [1.807, 2.05) is 0 Å². The fourth-order valence-electron chi connectivity index (χ4n) is 4.49. The van der Waals surface area contributed by atoms with E-state index in [0.717, 1.165) is 17.8 Å². The monoisotopic (exact) mass is 395 g/mol. The number of pyridine rings is 1. The molecule has 5 nitrogen and oxygen atoms in total. The first-order chi connectivity index (χ1) is 12.9. The van der Waals surface area contributed by atoms with E-state index in [0.29, 0.717) is 44.3 Å². The van der Waals surface area contributed by atoms with Gasteiger partial charge in [-0.05, 0) is 44.1 Å². The number of rotatable bonds is 0. The third kappa shape index (κ3) is 2.40. The van der Waals surface area contributed by atoms with Gasteiger partial charge in [-0.15, -0.1) is 11.3 Å². The molecule has 9 heteroatoms. The molecule has 3 aliphatic rings. The Morgan fingerprint density at radius 2 is 1.93 bits per heavy atom. The minimum Gasteiger partial charge on any atom is -0.326 e. The molecule has 0 radical (unpaired) electrons. The van der Waals surface area contributed by atoms with Crippen molar-refractivity contribution in [3.05, 3.63) is 21.7 Å². The minimum atomic E-state index is -4.58. The Bertz CT molecular complexity index is 998. The molecule has 2 aromatic heterocycles. The molecule has 2 aliphatic heterocycles. The maximum absolute atomic E-state index is 14.0. The maximum atomic E-state index is 14.0. The molecule has 1 atom stereocenters. The van der Waals surface area contributed by atoms with Gasteiger partial charge in [0.25, 0.3) is 5.91 Å². The third-order valence-corrected chi connectivity index (χ3v) is 6.73. The van der Waals surface area contributed by atoms with Crippen LogP contribution < -0.4 is 5.32 Å². The van der Waals surface area contributed by atoms with Gasteiger partial charge in [0, 0.05) is 17.6 Å². The van der Waals surface area contributed by atoms with Crippen LogP contribution in [0.5, 0.6) is 0 Å². The number of nitrogens with zero attached hydrogens (tertiary/aromatic N) is 2. The summed E-state index contributed by atoms with van der Waals surface area (Å²) in [5.74, 6) is -0.787. The molecule has 1 N–H and O–H groups in total. The van der Waals surface area contributed by atoms with Crippen molar-refractivity contribution in [1.82, 2.24) is 9.88 Å². The average molecular weight is 395 g/mol. The van der Waals surface area contributed by atoms with Gasteiger partial charge in [-0.25, -0.2) is 4.98 Å². The van der Waals surface area contributed by atoms with E-state index in [-0.39, 0.29) is 32.3 Å². The number of alkyl halides is 3. The number of hydrogen-bond donors (Lipinski definition) is 1. The molecule has 27 heavy (non-hydrogen) atoms. The normalized spacial score (nSPS) is 22.3. The average Bonchev–Trinajstić information content (AvgIpc) is 3.21. The molecule has 0 bridgehead atoms. The lowest BCUT2D eigenvalue weighted by molar-refractivity contribution is -0.137. The Balaban J connectivity index is 1.83. The highest BCUT2D eigenvalue weighted by Gasteiger charge is 2.44. The smallest absolute Gasteiger partial charge is 0.326 e. The number of fused-ring (bicyclic) bond motifs is 5. The fourth-order valence-corrected chi connectivity index (χ4v) is 5.60. The molecule has 1 saturated heterocycles. The highest BCUT2D eigenvalue weighted by atomic mass is 32.1. The van der Waals surface area contributed by atoms with Gasteiger partial charge in [0.1, 0.15) is 15.7 Å². The van der Waals surface area contributed by atoms with Gasteiger partial charge in [0.05, 0.1) is 11.3 Å². The first-order valence-corrected chi connectivity index (χ1v) is 9.85. The third-order valence-electron chi connectivity index (χ3n) is 5.66. The summed E-state index contributed by atoms with van der Waals surface area (Å²) < 4.78 is 42.1. The van der Waals surface area contributed by atoms with E-state index in [1.165, 1.54) is 4.90 Å². The zero-order valence-electron chi connectivity index (χ0n) is 14.3. The van der Waals surface area contributed by atoms with Crippen molar-refractivity contribution in [2.24, 2.45) is 0 Å². The maximum Gasteiger partial charge on any atom is 0.417 e. The second-order valence-corrected chi connectivity index (χ2v) is 8.25. The van der Waals surface area contributed by atoms with E-state index < -0.39 is 23.7 Å². The first kappa shape index (κ1) is 17.0. The van der Waals surface area contributed by atoms with Gasteiger partial charge >= 0.3 is 6.18 Å². The Morgan fingerprint density at radius 3 is 2.70 bits per heavy atom. The van der Waals surface area contributed by atoms with Gasteiger partial charge < -0.3 is 10.2 Å². The molecule has 4 heterocycles. The molecule has 142 valence electrons. The largest absolute Gasteiger partial charge is 0.417 e. The van der Waals surface area contributed by atoms with Crippen LogP contribution in [0.1, 0.15) is 52.2 Å². The zero-order chi connectivity index (χ0) is 18.9. The fraction of sp³-hybridized carbons (Fsp3) is 0.500. The second kappa shape index (κ2) is 5.67. The molecule has 1 aliphatic carbocycles. The lowest BCUT2D eigenvalue weighted by Gasteiger charge is -2.22. The van der Waals surface area contributed by atoms with Crippen molar-refractivity contribution >= 4 is 39.1 Å². The van der Waals surface area contributed by atoms with E-state index >= 15 is 0 Å². The van der Waals surface area contributed by atoms with E-state index in [2.05, 4.69) is 10.3 Å². The molecule has 0 spiro atoms. The molecule has 0 unspecified atom stereocenters. The number of thiophene rings is 1. The van der Waals surface area contributed by atoms with Gasteiger partial charge in [0.2, 0.25) is 5.91 Å². The van der Waals surface area contributed by atoms with Crippen LogP contribution in [0.4, 0.5) is 18.9 Å². The van der Waals surface area contributed by atoms with Crippen LogP contribution in [0, 0.1) is 0 Å². The van der Waals surface area contributed by atoms with Crippen LogP contribution in [0.25, 0.3) is 10.2 Å². The summed E-state index contributed by atoms with van der Waals surface area (Å²) in [6, 6.07) is -0.605. The van der Waals surface area contributed by atoms with Gasteiger partial charge in [-0.3, -0.25) is 9.59 Å². The summed E-state index contributed by atoms with van der Waals surface area (Å²) in [4.78, 5) is 31.8. The number of carbonyl (C=O) groups is 2. The number of aromatic nitrogens is 1. The number of hydrogen-bond acceptors (Lipinski definition) is 4. The summed E-state index contributed by atoms with van der Waals surface area (Å²) in [5, 5.41) is 2.52. The molecule has 2 amide bonds. The number of amides is 2. The lowest BCUT2D eigenvalue weighted by atomic mass is 9.90. The van der Waals surface area contributed by atoms with Gasteiger partial charge in [0.15, 0.2) is 0 Å². The van der Waals surface area contributed by atoms with Crippen molar-refractivity contribution in [2.45, 2.75) is 50.7 Å². The molecule has 2 aromatic rings. The van der Waals surface area contributed by atoms with E-state index in [4.69, 9.17) is 0 Å². The summed E-state index contributed by atoms with van der Waals surface area (Å²) >= 11 is 0.958. The number of anilines is 1. The molecular formula is C18H16F3N3O2S. The minimum absolute atomic E-state index is 0.00685. The van der Waals surface area contributed by atoms with Gasteiger partial charge in [-0.1, -0.05) is 0 Å². The number of halogens is 3. The summed E-state index contributed by atoms with van der Waals surface area (Å²) in [6.45, 7) is 0.445. The highest BCUT2D eigenvalue weighted by Crippen LogP contribution is 2.48. The Morgan fingerprint density at radius 1 is 1.15 bits per heavy atom. The van der Waals surface area contributed by atoms with Crippen molar-refractivity contribution in [3.8, 4) is 0 Å². The number of carbonyl (C=O) groups excluding carboxylic acids is 2. The highest BCUT2D eigenvalue weighted by molar-refractivity contribution is 7.21. The van der Waals surface area contributed by atoms with Crippen molar-refractivity contribution in [3.63, 3.8) is 0 Å².